The molecule has 2 rings (SSSR count). The van der Waals surface area contributed by atoms with E-state index in [9.17, 15) is 0 Å². The van der Waals surface area contributed by atoms with Crippen molar-refractivity contribution in [2.45, 2.75) is 6.92 Å². The van der Waals surface area contributed by atoms with E-state index >= 15 is 0 Å². The highest BCUT2D eigenvalue weighted by Gasteiger charge is 2.08. The van der Waals surface area contributed by atoms with Gasteiger partial charge in [0.25, 0.3) is 0 Å². The lowest BCUT2D eigenvalue weighted by Crippen LogP contribution is -2.05. The predicted octanol–water partition coefficient (Wildman–Crippen LogP) is 2.74. The van der Waals surface area contributed by atoms with E-state index in [4.69, 9.17) is 4.74 Å². The van der Waals surface area contributed by atoms with Crippen molar-refractivity contribution in [1.29, 1.82) is 0 Å². The van der Waals surface area contributed by atoms with Gasteiger partial charge >= 0.3 is 6.01 Å². The van der Waals surface area contributed by atoms with E-state index in [1.54, 1.807) is 7.05 Å². The summed E-state index contributed by atoms with van der Waals surface area (Å²) in [5.41, 5.74) is 0.907. The van der Waals surface area contributed by atoms with Crippen LogP contribution in [0.1, 0.15) is 6.92 Å². The molecular formula is C12H13BrN4O. The molecule has 6 heteroatoms. The molecule has 1 aromatic heterocycles. The molecule has 18 heavy (non-hydrogen) atoms. The molecule has 0 bridgehead atoms. The normalized spacial score (nSPS) is 10.2. The van der Waals surface area contributed by atoms with Crippen LogP contribution < -0.4 is 10.1 Å². The van der Waals surface area contributed by atoms with Gasteiger partial charge < -0.3 is 10.1 Å². The summed E-state index contributed by atoms with van der Waals surface area (Å²) in [6.07, 6.45) is 0. The summed E-state index contributed by atoms with van der Waals surface area (Å²) in [4.78, 5) is 12.7. The van der Waals surface area contributed by atoms with Crippen molar-refractivity contribution in [3.05, 3.63) is 28.7 Å². The third kappa shape index (κ3) is 2.95. The first-order valence-electron chi connectivity index (χ1n) is 5.55. The van der Waals surface area contributed by atoms with E-state index in [-0.39, 0.29) is 0 Å². The van der Waals surface area contributed by atoms with Gasteiger partial charge in [0.2, 0.25) is 5.95 Å². The van der Waals surface area contributed by atoms with Crippen LogP contribution in [-0.2, 0) is 0 Å². The van der Waals surface area contributed by atoms with Crippen molar-refractivity contribution in [3.8, 4) is 17.4 Å². The number of nitrogens with one attached hydrogen (secondary N) is 1. The first kappa shape index (κ1) is 12.8. The van der Waals surface area contributed by atoms with Crippen molar-refractivity contribution < 1.29 is 4.74 Å². The molecule has 0 fully saturated rings. The largest absolute Gasteiger partial charge is 0.464 e. The molecule has 0 saturated heterocycles. The zero-order valence-electron chi connectivity index (χ0n) is 10.1. The maximum atomic E-state index is 5.33. The Morgan fingerprint density at radius 1 is 1.28 bits per heavy atom. The summed E-state index contributed by atoms with van der Waals surface area (Å²) in [6.45, 7) is 2.41. The molecular weight excluding hydrogens is 296 g/mol. The van der Waals surface area contributed by atoms with Crippen LogP contribution in [0.3, 0.4) is 0 Å². The van der Waals surface area contributed by atoms with Crippen molar-refractivity contribution in [3.63, 3.8) is 0 Å². The Hall–Kier alpha value is -1.69. The quantitative estimate of drug-likeness (QED) is 0.941. The van der Waals surface area contributed by atoms with Crippen LogP contribution in [0.2, 0.25) is 0 Å². The van der Waals surface area contributed by atoms with Crippen molar-refractivity contribution >= 4 is 21.9 Å². The van der Waals surface area contributed by atoms with E-state index in [0.717, 1.165) is 10.0 Å². The van der Waals surface area contributed by atoms with E-state index in [0.29, 0.717) is 24.4 Å². The lowest BCUT2D eigenvalue weighted by molar-refractivity contribution is 0.312. The fourth-order valence-electron chi connectivity index (χ4n) is 1.42. The number of benzene rings is 1. The molecule has 0 aliphatic heterocycles. The Balaban J connectivity index is 2.46. The molecule has 0 aliphatic rings. The first-order valence-corrected chi connectivity index (χ1v) is 6.34. The Morgan fingerprint density at radius 2 is 2.11 bits per heavy atom. The number of aromatic nitrogens is 3. The molecule has 0 radical (unpaired) electrons. The summed E-state index contributed by atoms with van der Waals surface area (Å²) in [5, 5.41) is 2.90. The minimum absolute atomic E-state index is 0.326. The molecule has 0 amide bonds. The second-order valence-electron chi connectivity index (χ2n) is 3.46. The molecule has 5 nitrogen and oxygen atoms in total. The monoisotopic (exact) mass is 308 g/mol. The van der Waals surface area contributed by atoms with Gasteiger partial charge in [0.05, 0.1) is 6.61 Å². The van der Waals surface area contributed by atoms with Crippen LogP contribution in [0.4, 0.5) is 5.95 Å². The van der Waals surface area contributed by atoms with Crippen molar-refractivity contribution in [2.24, 2.45) is 0 Å². The smallest absolute Gasteiger partial charge is 0.321 e. The van der Waals surface area contributed by atoms with Gasteiger partial charge in [0.1, 0.15) is 0 Å². The summed E-state index contributed by atoms with van der Waals surface area (Å²) in [7, 11) is 1.76. The van der Waals surface area contributed by atoms with Crippen LogP contribution in [0.5, 0.6) is 6.01 Å². The molecule has 1 heterocycles. The number of rotatable bonds is 4. The summed E-state index contributed by atoms with van der Waals surface area (Å²) in [5.74, 6) is 1.07. The number of hydrogen-bond donors (Lipinski definition) is 1. The SMILES string of the molecule is CCOc1nc(NC)nc(-c2cccc(Br)c2)n1. The van der Waals surface area contributed by atoms with Gasteiger partial charge in [0.15, 0.2) is 5.82 Å². The average molecular weight is 309 g/mol. The minimum Gasteiger partial charge on any atom is -0.464 e. The maximum Gasteiger partial charge on any atom is 0.321 e. The molecule has 0 atom stereocenters. The van der Waals surface area contributed by atoms with Gasteiger partial charge in [-0.25, -0.2) is 0 Å². The van der Waals surface area contributed by atoms with Gasteiger partial charge in [-0.2, -0.15) is 15.0 Å². The summed E-state index contributed by atoms with van der Waals surface area (Å²) >= 11 is 3.43. The number of halogens is 1. The zero-order chi connectivity index (χ0) is 13.0. The molecule has 2 aromatic rings. The third-order valence-corrected chi connectivity index (χ3v) is 2.69. The average Bonchev–Trinajstić information content (AvgIpc) is 2.39. The Labute approximate surface area is 114 Å². The third-order valence-electron chi connectivity index (χ3n) is 2.19. The molecule has 0 spiro atoms. The van der Waals surface area contributed by atoms with Crippen LogP contribution in [-0.4, -0.2) is 28.6 Å². The highest BCUT2D eigenvalue weighted by molar-refractivity contribution is 9.10. The van der Waals surface area contributed by atoms with E-state index < -0.39 is 0 Å². The van der Waals surface area contributed by atoms with E-state index in [2.05, 4.69) is 36.2 Å². The molecule has 0 unspecified atom stereocenters. The molecule has 0 aliphatic carbocycles. The predicted molar refractivity (Wildman–Crippen MR) is 73.7 cm³/mol. The van der Waals surface area contributed by atoms with Crippen LogP contribution in [0, 0.1) is 0 Å². The standard InChI is InChI=1S/C12H13BrN4O/c1-3-18-12-16-10(15-11(14-2)17-12)8-5-4-6-9(13)7-8/h4-7H,3H2,1-2H3,(H,14,15,16,17). The molecule has 0 saturated carbocycles. The summed E-state index contributed by atoms with van der Waals surface area (Å²) in [6, 6.07) is 8.10. The fraction of sp³-hybridized carbons (Fsp3) is 0.250. The Kier molecular flexibility index (Phi) is 4.09. The molecule has 94 valence electrons. The van der Waals surface area contributed by atoms with Crippen LogP contribution in [0.25, 0.3) is 11.4 Å². The van der Waals surface area contributed by atoms with E-state index in [1.165, 1.54) is 0 Å². The van der Waals surface area contributed by atoms with Gasteiger partial charge in [-0.1, -0.05) is 28.1 Å². The second-order valence-corrected chi connectivity index (χ2v) is 4.37. The van der Waals surface area contributed by atoms with E-state index in [1.807, 2.05) is 31.2 Å². The highest BCUT2D eigenvalue weighted by atomic mass is 79.9. The first-order chi connectivity index (χ1) is 8.72. The molecule has 1 N–H and O–H groups in total. The number of hydrogen-bond acceptors (Lipinski definition) is 5. The lowest BCUT2D eigenvalue weighted by atomic mass is 10.2. The van der Waals surface area contributed by atoms with Crippen molar-refractivity contribution in [2.75, 3.05) is 19.0 Å². The topological polar surface area (TPSA) is 59.9 Å². The molecule has 1 aromatic carbocycles. The summed E-state index contributed by atoms with van der Waals surface area (Å²) < 4.78 is 6.30. The van der Waals surface area contributed by atoms with Gasteiger partial charge in [0, 0.05) is 17.1 Å². The van der Waals surface area contributed by atoms with Crippen molar-refractivity contribution in [1.82, 2.24) is 15.0 Å². The number of anilines is 1. The van der Waals surface area contributed by atoms with Gasteiger partial charge in [-0.3, -0.25) is 0 Å². The minimum atomic E-state index is 0.326. The van der Waals surface area contributed by atoms with Gasteiger partial charge in [-0.15, -0.1) is 0 Å². The maximum absolute atomic E-state index is 5.33. The Morgan fingerprint density at radius 3 is 2.78 bits per heavy atom. The number of nitrogens with zero attached hydrogens (tertiary/aromatic N) is 3. The fourth-order valence-corrected chi connectivity index (χ4v) is 1.82. The number of ether oxygens (including phenoxy) is 1. The zero-order valence-corrected chi connectivity index (χ0v) is 11.7. The van der Waals surface area contributed by atoms with Crippen LogP contribution in [0.15, 0.2) is 28.7 Å². The van der Waals surface area contributed by atoms with Gasteiger partial charge in [-0.05, 0) is 19.1 Å². The van der Waals surface area contributed by atoms with Crippen LogP contribution >= 0.6 is 15.9 Å². The second kappa shape index (κ2) is 5.77. The lowest BCUT2D eigenvalue weighted by Gasteiger charge is -2.07. The Bertz CT molecular complexity index is 547. The highest BCUT2D eigenvalue weighted by Crippen LogP contribution is 2.22.